The summed E-state index contributed by atoms with van der Waals surface area (Å²) in [7, 11) is 0. The van der Waals surface area contributed by atoms with Crippen LogP contribution in [-0.2, 0) is 9.53 Å². The summed E-state index contributed by atoms with van der Waals surface area (Å²) >= 11 is 3.38. The van der Waals surface area contributed by atoms with E-state index >= 15 is 0 Å². The number of nitrogens with zero attached hydrogens (tertiary/aromatic N) is 4. The van der Waals surface area contributed by atoms with Crippen molar-refractivity contribution in [3.8, 4) is 5.69 Å². The Morgan fingerprint density at radius 2 is 2.08 bits per heavy atom. The molecule has 3 rings (SSSR count). The third kappa shape index (κ3) is 4.31. The number of hydrogen-bond acceptors (Lipinski definition) is 6. The lowest BCUT2D eigenvalue weighted by Gasteiger charge is -2.09. The van der Waals surface area contributed by atoms with Crippen LogP contribution in [0.15, 0.2) is 53.3 Å². The Balaban J connectivity index is 1.60. The smallest absolute Gasteiger partial charge is 0.338 e. The van der Waals surface area contributed by atoms with Crippen LogP contribution >= 0.6 is 15.9 Å². The maximum absolute atomic E-state index is 12.2. The zero-order valence-electron chi connectivity index (χ0n) is 13.7. The number of carbonyl (C=O) groups is 2. The maximum atomic E-state index is 12.2. The molecule has 0 spiro atoms. The molecule has 0 atom stereocenters. The van der Waals surface area contributed by atoms with Crippen LogP contribution in [-0.4, -0.2) is 38.7 Å². The van der Waals surface area contributed by atoms with E-state index in [-0.39, 0.29) is 0 Å². The van der Waals surface area contributed by atoms with Gasteiger partial charge in [0, 0.05) is 4.47 Å². The van der Waals surface area contributed by atoms with E-state index in [1.165, 1.54) is 11.0 Å². The number of amides is 1. The lowest BCUT2D eigenvalue weighted by atomic mass is 10.2. The van der Waals surface area contributed by atoms with Crippen LogP contribution in [0.4, 0.5) is 5.69 Å². The number of hydrogen-bond donors (Lipinski definition) is 1. The van der Waals surface area contributed by atoms with Gasteiger partial charge in [0.15, 0.2) is 6.61 Å². The number of benzene rings is 2. The van der Waals surface area contributed by atoms with Crippen LogP contribution in [0.5, 0.6) is 0 Å². The Hall–Kier alpha value is -3.07. The van der Waals surface area contributed by atoms with Gasteiger partial charge in [-0.1, -0.05) is 12.1 Å². The Bertz CT molecular complexity index is 943. The molecule has 0 bridgehead atoms. The van der Waals surface area contributed by atoms with E-state index in [2.05, 4.69) is 36.8 Å². The van der Waals surface area contributed by atoms with E-state index in [0.717, 1.165) is 10.0 Å². The van der Waals surface area contributed by atoms with Crippen LogP contribution in [0.1, 0.15) is 15.9 Å². The molecule has 3 aromatic rings. The van der Waals surface area contributed by atoms with Crippen molar-refractivity contribution < 1.29 is 14.3 Å². The molecule has 1 aromatic heterocycles. The molecule has 0 unspecified atom stereocenters. The third-order valence-electron chi connectivity index (χ3n) is 3.43. The van der Waals surface area contributed by atoms with Crippen LogP contribution < -0.4 is 5.32 Å². The molecule has 0 aliphatic carbocycles. The molecule has 132 valence electrons. The van der Waals surface area contributed by atoms with Crippen molar-refractivity contribution in [2.45, 2.75) is 6.92 Å². The average Bonchev–Trinajstić information content (AvgIpc) is 3.17. The Kier molecular flexibility index (Phi) is 5.37. The van der Waals surface area contributed by atoms with Crippen molar-refractivity contribution in [2.24, 2.45) is 0 Å². The molecule has 0 saturated carbocycles. The number of ether oxygens (including phenoxy) is 1. The number of anilines is 1. The minimum absolute atomic E-state index is 0.294. The van der Waals surface area contributed by atoms with Gasteiger partial charge in [-0.05, 0) is 69.2 Å². The summed E-state index contributed by atoms with van der Waals surface area (Å²) in [6.45, 7) is 1.55. The summed E-state index contributed by atoms with van der Waals surface area (Å²) in [4.78, 5) is 24.2. The monoisotopic (exact) mass is 415 g/mol. The number of aryl methyl sites for hydroxylation is 1. The standard InChI is InChI=1S/C17H14BrN5O3/c1-11-5-6-15(14(18)7-11)20-16(24)9-26-17(25)12-3-2-4-13(8-12)23-10-19-21-22-23/h2-8,10H,9H2,1H3,(H,20,24). The average molecular weight is 416 g/mol. The van der Waals surface area contributed by atoms with Crippen molar-refractivity contribution in [3.05, 3.63) is 64.4 Å². The largest absolute Gasteiger partial charge is 0.452 e. The van der Waals surface area contributed by atoms with Crippen molar-refractivity contribution in [2.75, 3.05) is 11.9 Å². The van der Waals surface area contributed by atoms with E-state index in [1.54, 1.807) is 30.3 Å². The first-order chi connectivity index (χ1) is 12.5. The fourth-order valence-corrected chi connectivity index (χ4v) is 2.77. The minimum atomic E-state index is -0.613. The zero-order chi connectivity index (χ0) is 18.5. The molecule has 0 aliphatic rings. The van der Waals surface area contributed by atoms with Gasteiger partial charge in [0.2, 0.25) is 0 Å². The topological polar surface area (TPSA) is 99.0 Å². The first-order valence-electron chi connectivity index (χ1n) is 7.59. The molecule has 0 saturated heterocycles. The predicted molar refractivity (Wildman–Crippen MR) is 96.9 cm³/mol. The van der Waals surface area contributed by atoms with Gasteiger partial charge in [-0.2, -0.15) is 0 Å². The predicted octanol–water partition coefficient (Wildman–Crippen LogP) is 2.53. The molecule has 1 amide bonds. The van der Waals surface area contributed by atoms with Crippen molar-refractivity contribution in [3.63, 3.8) is 0 Å². The van der Waals surface area contributed by atoms with Gasteiger partial charge in [-0.15, -0.1) is 5.10 Å². The highest BCUT2D eigenvalue weighted by Crippen LogP contribution is 2.23. The second-order valence-corrected chi connectivity index (χ2v) is 6.27. The van der Waals surface area contributed by atoms with Gasteiger partial charge in [0.1, 0.15) is 6.33 Å². The van der Waals surface area contributed by atoms with Crippen LogP contribution in [0.3, 0.4) is 0 Å². The summed E-state index contributed by atoms with van der Waals surface area (Å²) in [6.07, 6.45) is 1.41. The van der Waals surface area contributed by atoms with Crippen LogP contribution in [0.2, 0.25) is 0 Å². The van der Waals surface area contributed by atoms with Gasteiger partial charge in [-0.25, -0.2) is 9.48 Å². The Morgan fingerprint density at radius 1 is 1.23 bits per heavy atom. The van der Waals surface area contributed by atoms with Gasteiger partial charge in [0.25, 0.3) is 5.91 Å². The normalized spacial score (nSPS) is 10.4. The summed E-state index contributed by atoms with van der Waals surface area (Å²) in [6, 6.07) is 12.1. The van der Waals surface area contributed by atoms with Crippen molar-refractivity contribution in [1.29, 1.82) is 0 Å². The molecule has 8 nitrogen and oxygen atoms in total. The number of esters is 1. The highest BCUT2D eigenvalue weighted by atomic mass is 79.9. The minimum Gasteiger partial charge on any atom is -0.452 e. The maximum Gasteiger partial charge on any atom is 0.338 e. The Morgan fingerprint density at radius 3 is 2.81 bits per heavy atom. The summed E-state index contributed by atoms with van der Waals surface area (Å²) in [5.74, 6) is -1.04. The molecule has 2 aromatic carbocycles. The summed E-state index contributed by atoms with van der Waals surface area (Å²) < 4.78 is 7.24. The van der Waals surface area contributed by atoms with Gasteiger partial charge < -0.3 is 10.1 Å². The lowest BCUT2D eigenvalue weighted by molar-refractivity contribution is -0.119. The van der Waals surface area contributed by atoms with E-state index < -0.39 is 18.5 Å². The summed E-state index contributed by atoms with van der Waals surface area (Å²) in [5.41, 5.74) is 2.57. The molecule has 0 fully saturated rings. The molecule has 9 heteroatoms. The highest BCUT2D eigenvalue weighted by Gasteiger charge is 2.12. The number of nitrogens with one attached hydrogen (secondary N) is 1. The van der Waals surface area contributed by atoms with Crippen LogP contribution in [0.25, 0.3) is 5.69 Å². The lowest BCUT2D eigenvalue weighted by Crippen LogP contribution is -2.21. The number of tetrazole rings is 1. The molecule has 1 heterocycles. The summed E-state index contributed by atoms with van der Waals surface area (Å²) in [5, 5.41) is 13.5. The fraction of sp³-hybridized carbons (Fsp3) is 0.118. The first kappa shape index (κ1) is 17.7. The van der Waals surface area contributed by atoms with Gasteiger partial charge >= 0.3 is 5.97 Å². The second-order valence-electron chi connectivity index (χ2n) is 5.41. The number of carbonyl (C=O) groups excluding carboxylic acids is 2. The van der Waals surface area contributed by atoms with Gasteiger partial charge in [-0.3, -0.25) is 4.79 Å². The fourth-order valence-electron chi connectivity index (χ4n) is 2.18. The number of aromatic nitrogens is 4. The van der Waals surface area contributed by atoms with E-state index in [0.29, 0.717) is 16.9 Å². The van der Waals surface area contributed by atoms with Crippen molar-refractivity contribution in [1.82, 2.24) is 20.2 Å². The number of rotatable bonds is 5. The quantitative estimate of drug-likeness (QED) is 0.642. The molecular formula is C17H14BrN5O3. The zero-order valence-corrected chi connectivity index (χ0v) is 15.3. The molecular weight excluding hydrogens is 402 g/mol. The molecule has 1 N–H and O–H groups in total. The Labute approximate surface area is 157 Å². The highest BCUT2D eigenvalue weighted by molar-refractivity contribution is 9.10. The van der Waals surface area contributed by atoms with E-state index in [1.807, 2.05) is 19.1 Å². The third-order valence-corrected chi connectivity index (χ3v) is 4.08. The first-order valence-corrected chi connectivity index (χ1v) is 8.39. The molecule has 26 heavy (non-hydrogen) atoms. The van der Waals surface area contributed by atoms with Crippen molar-refractivity contribution >= 4 is 33.5 Å². The SMILES string of the molecule is Cc1ccc(NC(=O)COC(=O)c2cccc(-n3cnnn3)c2)c(Br)c1. The molecule has 0 aliphatic heterocycles. The van der Waals surface area contributed by atoms with Gasteiger partial charge in [0.05, 0.1) is 16.9 Å². The van der Waals surface area contributed by atoms with E-state index in [4.69, 9.17) is 4.74 Å². The number of halogens is 1. The van der Waals surface area contributed by atoms with E-state index in [9.17, 15) is 9.59 Å². The van der Waals surface area contributed by atoms with Crippen LogP contribution in [0, 0.1) is 6.92 Å². The molecule has 0 radical (unpaired) electrons. The second kappa shape index (κ2) is 7.87.